The largest absolute Gasteiger partial charge is 0.380 e. The molecule has 1 fully saturated rings. The highest BCUT2D eigenvalue weighted by Crippen LogP contribution is 2.42. The summed E-state index contributed by atoms with van der Waals surface area (Å²) in [7, 11) is 0. The zero-order valence-corrected chi connectivity index (χ0v) is 13.7. The molecule has 1 aromatic carbocycles. The maximum atomic E-state index is 5.83. The lowest BCUT2D eigenvalue weighted by Crippen LogP contribution is -2.52. The van der Waals surface area contributed by atoms with Crippen molar-refractivity contribution in [1.29, 1.82) is 0 Å². The molecule has 21 heavy (non-hydrogen) atoms. The van der Waals surface area contributed by atoms with Crippen molar-refractivity contribution in [2.75, 3.05) is 19.8 Å². The maximum Gasteiger partial charge on any atom is 0.0628 e. The van der Waals surface area contributed by atoms with Crippen LogP contribution >= 0.6 is 0 Å². The molecule has 118 valence electrons. The van der Waals surface area contributed by atoms with Gasteiger partial charge in [0.05, 0.1) is 6.61 Å². The lowest BCUT2D eigenvalue weighted by molar-refractivity contribution is 0.0776. The standard InChI is InChI=1S/C19H31NO/c1-3-15-20-18(16-21-4-2)19(13-9-6-10-14-19)17-11-7-5-8-12-17/h5,7-8,11-12,18,20H,3-4,6,9-10,13-16H2,1-2H3. The van der Waals surface area contributed by atoms with Crippen LogP contribution in [0.4, 0.5) is 0 Å². The van der Waals surface area contributed by atoms with Crippen molar-refractivity contribution in [3.05, 3.63) is 35.9 Å². The van der Waals surface area contributed by atoms with Gasteiger partial charge in [0, 0.05) is 18.1 Å². The van der Waals surface area contributed by atoms with E-state index in [0.29, 0.717) is 6.04 Å². The third-order valence-corrected chi connectivity index (χ3v) is 4.89. The summed E-state index contributed by atoms with van der Waals surface area (Å²) in [5.41, 5.74) is 1.75. The van der Waals surface area contributed by atoms with Crippen molar-refractivity contribution in [2.24, 2.45) is 0 Å². The average Bonchev–Trinajstić information content (AvgIpc) is 2.56. The Hall–Kier alpha value is -0.860. The molecule has 1 aliphatic carbocycles. The Morgan fingerprint density at radius 3 is 2.43 bits per heavy atom. The van der Waals surface area contributed by atoms with Gasteiger partial charge in [0.25, 0.3) is 0 Å². The molecular weight excluding hydrogens is 258 g/mol. The molecule has 1 aliphatic rings. The van der Waals surface area contributed by atoms with E-state index in [9.17, 15) is 0 Å². The smallest absolute Gasteiger partial charge is 0.0628 e. The first-order valence-electron chi connectivity index (χ1n) is 8.70. The predicted octanol–water partition coefficient (Wildman–Crippen LogP) is 4.29. The number of hydrogen-bond donors (Lipinski definition) is 1. The van der Waals surface area contributed by atoms with Crippen LogP contribution in [0, 0.1) is 0 Å². The molecule has 1 atom stereocenters. The van der Waals surface area contributed by atoms with Gasteiger partial charge in [-0.3, -0.25) is 0 Å². The van der Waals surface area contributed by atoms with Crippen molar-refractivity contribution in [3.8, 4) is 0 Å². The highest BCUT2D eigenvalue weighted by molar-refractivity contribution is 5.28. The molecule has 1 aromatic rings. The molecule has 0 radical (unpaired) electrons. The molecule has 1 unspecified atom stereocenters. The molecule has 2 heteroatoms. The fourth-order valence-electron chi connectivity index (χ4n) is 3.76. The van der Waals surface area contributed by atoms with Crippen LogP contribution in [-0.4, -0.2) is 25.8 Å². The van der Waals surface area contributed by atoms with Crippen molar-refractivity contribution < 1.29 is 4.74 Å². The minimum absolute atomic E-state index is 0.254. The minimum Gasteiger partial charge on any atom is -0.380 e. The van der Waals surface area contributed by atoms with Gasteiger partial charge in [0.15, 0.2) is 0 Å². The monoisotopic (exact) mass is 289 g/mol. The molecular formula is C19H31NO. The summed E-state index contributed by atoms with van der Waals surface area (Å²) < 4.78 is 5.83. The van der Waals surface area contributed by atoms with Crippen LogP contribution in [0.5, 0.6) is 0 Å². The van der Waals surface area contributed by atoms with Gasteiger partial charge in [-0.1, -0.05) is 56.5 Å². The number of rotatable bonds is 8. The zero-order chi connectivity index (χ0) is 15.0. The molecule has 1 saturated carbocycles. The van der Waals surface area contributed by atoms with Gasteiger partial charge in [-0.2, -0.15) is 0 Å². The Morgan fingerprint density at radius 2 is 1.81 bits per heavy atom. The maximum absolute atomic E-state index is 5.83. The number of ether oxygens (including phenoxy) is 1. The number of nitrogens with one attached hydrogen (secondary N) is 1. The van der Waals surface area contributed by atoms with Gasteiger partial charge < -0.3 is 10.1 Å². The summed E-state index contributed by atoms with van der Waals surface area (Å²) in [6.07, 6.45) is 7.80. The van der Waals surface area contributed by atoms with E-state index in [1.54, 1.807) is 0 Å². The van der Waals surface area contributed by atoms with E-state index in [2.05, 4.69) is 49.5 Å². The number of hydrogen-bond acceptors (Lipinski definition) is 2. The fourth-order valence-corrected chi connectivity index (χ4v) is 3.76. The molecule has 2 nitrogen and oxygen atoms in total. The Morgan fingerprint density at radius 1 is 1.10 bits per heavy atom. The Balaban J connectivity index is 2.26. The van der Waals surface area contributed by atoms with Crippen molar-refractivity contribution >= 4 is 0 Å². The summed E-state index contributed by atoms with van der Waals surface area (Å²) in [5.74, 6) is 0. The second-order valence-corrected chi connectivity index (χ2v) is 6.25. The van der Waals surface area contributed by atoms with Crippen LogP contribution < -0.4 is 5.32 Å². The molecule has 0 bridgehead atoms. The summed E-state index contributed by atoms with van der Waals surface area (Å²) in [6, 6.07) is 11.6. The molecule has 0 amide bonds. The van der Waals surface area contributed by atoms with Gasteiger partial charge in [-0.15, -0.1) is 0 Å². The van der Waals surface area contributed by atoms with Gasteiger partial charge in [-0.05, 0) is 38.3 Å². The molecule has 1 N–H and O–H groups in total. The quantitative estimate of drug-likeness (QED) is 0.770. The first-order chi connectivity index (χ1) is 10.3. The molecule has 0 spiro atoms. The second kappa shape index (κ2) is 8.55. The second-order valence-electron chi connectivity index (χ2n) is 6.25. The summed E-state index contributed by atoms with van der Waals surface area (Å²) in [4.78, 5) is 0. The minimum atomic E-state index is 0.254. The van der Waals surface area contributed by atoms with E-state index < -0.39 is 0 Å². The van der Waals surface area contributed by atoms with E-state index in [0.717, 1.165) is 19.8 Å². The highest BCUT2D eigenvalue weighted by atomic mass is 16.5. The lowest BCUT2D eigenvalue weighted by atomic mass is 9.65. The van der Waals surface area contributed by atoms with Crippen molar-refractivity contribution in [3.63, 3.8) is 0 Å². The number of benzene rings is 1. The van der Waals surface area contributed by atoms with Crippen molar-refractivity contribution in [2.45, 2.75) is 63.8 Å². The third kappa shape index (κ3) is 4.08. The molecule has 0 aliphatic heterocycles. The molecule has 0 heterocycles. The summed E-state index contributed by atoms with van der Waals surface area (Å²) in [6.45, 7) is 7.03. The van der Waals surface area contributed by atoms with Gasteiger partial charge in [-0.25, -0.2) is 0 Å². The summed E-state index contributed by atoms with van der Waals surface area (Å²) in [5, 5.41) is 3.79. The molecule has 0 aromatic heterocycles. The van der Waals surface area contributed by atoms with Crippen LogP contribution in [0.25, 0.3) is 0 Å². The third-order valence-electron chi connectivity index (χ3n) is 4.89. The van der Waals surface area contributed by atoms with E-state index in [1.807, 2.05) is 0 Å². The van der Waals surface area contributed by atoms with Gasteiger partial charge in [0.1, 0.15) is 0 Å². The Labute approximate surface area is 130 Å². The van der Waals surface area contributed by atoms with E-state index >= 15 is 0 Å². The first kappa shape index (κ1) is 16.5. The predicted molar refractivity (Wildman–Crippen MR) is 89.8 cm³/mol. The van der Waals surface area contributed by atoms with E-state index in [-0.39, 0.29) is 5.41 Å². The normalized spacial score (nSPS) is 19.3. The zero-order valence-electron chi connectivity index (χ0n) is 13.7. The topological polar surface area (TPSA) is 21.3 Å². The van der Waals surface area contributed by atoms with Gasteiger partial charge >= 0.3 is 0 Å². The lowest BCUT2D eigenvalue weighted by Gasteiger charge is -2.44. The van der Waals surface area contributed by atoms with Gasteiger partial charge in [0.2, 0.25) is 0 Å². The highest BCUT2D eigenvalue weighted by Gasteiger charge is 2.40. The van der Waals surface area contributed by atoms with Crippen LogP contribution in [0.1, 0.15) is 57.9 Å². The average molecular weight is 289 g/mol. The Kier molecular flexibility index (Phi) is 6.72. The fraction of sp³-hybridized carbons (Fsp3) is 0.684. The van der Waals surface area contributed by atoms with Crippen LogP contribution in [-0.2, 0) is 10.2 Å². The van der Waals surface area contributed by atoms with Crippen LogP contribution in [0.3, 0.4) is 0 Å². The summed E-state index contributed by atoms with van der Waals surface area (Å²) >= 11 is 0. The molecule has 2 rings (SSSR count). The first-order valence-corrected chi connectivity index (χ1v) is 8.70. The van der Waals surface area contributed by atoms with Crippen LogP contribution in [0.15, 0.2) is 30.3 Å². The van der Waals surface area contributed by atoms with E-state index in [4.69, 9.17) is 4.74 Å². The van der Waals surface area contributed by atoms with Crippen molar-refractivity contribution in [1.82, 2.24) is 5.32 Å². The van der Waals surface area contributed by atoms with E-state index in [1.165, 1.54) is 44.1 Å². The van der Waals surface area contributed by atoms with Crippen LogP contribution in [0.2, 0.25) is 0 Å². The SMILES string of the molecule is CCCNC(COCC)C1(c2ccccc2)CCCCC1. The Bertz CT molecular complexity index is 376. The molecule has 0 saturated heterocycles.